The van der Waals surface area contributed by atoms with Crippen molar-refractivity contribution < 1.29 is 9.59 Å². The molecular formula is C20H32N4O2. The molecular weight excluding hydrogens is 328 g/mol. The summed E-state index contributed by atoms with van der Waals surface area (Å²) in [5.41, 5.74) is 2.00. The molecule has 0 radical (unpaired) electrons. The Balaban J connectivity index is 1.98. The van der Waals surface area contributed by atoms with Crippen LogP contribution in [0.5, 0.6) is 0 Å². The van der Waals surface area contributed by atoms with E-state index >= 15 is 0 Å². The van der Waals surface area contributed by atoms with E-state index in [4.69, 9.17) is 0 Å². The van der Waals surface area contributed by atoms with E-state index in [1.165, 1.54) is 0 Å². The highest BCUT2D eigenvalue weighted by atomic mass is 16.2. The second-order valence-corrected chi connectivity index (χ2v) is 6.79. The number of anilines is 2. The van der Waals surface area contributed by atoms with Gasteiger partial charge >= 0.3 is 0 Å². The number of carbonyl (C=O) groups is 2. The minimum atomic E-state index is -0.0354. The Labute approximate surface area is 157 Å². The quantitative estimate of drug-likeness (QED) is 0.747. The number of hydrogen-bond donors (Lipinski definition) is 0. The standard InChI is InChI=1S/C20H32N4O2/c1-5-22(6-2)18-7-9-19(10-8-18)24(17(3)25)12-11-20(26)23-15-13-21(4)14-16-23/h7-10H,5-6,11-16H2,1-4H3. The lowest BCUT2D eigenvalue weighted by Crippen LogP contribution is -2.47. The average Bonchev–Trinajstić information content (AvgIpc) is 2.64. The van der Waals surface area contributed by atoms with Crippen LogP contribution in [0, 0.1) is 0 Å². The van der Waals surface area contributed by atoms with Crippen molar-refractivity contribution in [2.24, 2.45) is 0 Å². The van der Waals surface area contributed by atoms with Gasteiger partial charge in [-0.05, 0) is 45.2 Å². The van der Waals surface area contributed by atoms with Crippen molar-refractivity contribution in [3.8, 4) is 0 Å². The molecule has 1 aromatic rings. The van der Waals surface area contributed by atoms with Crippen molar-refractivity contribution in [1.82, 2.24) is 9.80 Å². The summed E-state index contributed by atoms with van der Waals surface area (Å²) in [6, 6.07) is 8.02. The molecule has 0 atom stereocenters. The van der Waals surface area contributed by atoms with Gasteiger partial charge in [-0.1, -0.05) is 0 Å². The van der Waals surface area contributed by atoms with Gasteiger partial charge < -0.3 is 19.6 Å². The van der Waals surface area contributed by atoms with Gasteiger partial charge in [-0.25, -0.2) is 0 Å². The van der Waals surface area contributed by atoms with E-state index in [-0.39, 0.29) is 11.8 Å². The Morgan fingerprint density at radius 3 is 2.00 bits per heavy atom. The van der Waals surface area contributed by atoms with E-state index in [0.717, 1.165) is 50.6 Å². The Hall–Kier alpha value is -2.08. The molecule has 1 fully saturated rings. The second-order valence-electron chi connectivity index (χ2n) is 6.79. The van der Waals surface area contributed by atoms with E-state index in [0.29, 0.717) is 13.0 Å². The monoisotopic (exact) mass is 360 g/mol. The number of rotatable bonds is 7. The van der Waals surface area contributed by atoms with Gasteiger partial charge in [-0.2, -0.15) is 0 Å². The zero-order chi connectivity index (χ0) is 19.1. The van der Waals surface area contributed by atoms with E-state index in [1.807, 2.05) is 29.2 Å². The van der Waals surface area contributed by atoms with E-state index in [2.05, 4.69) is 30.7 Å². The van der Waals surface area contributed by atoms with Gasteiger partial charge in [0.1, 0.15) is 0 Å². The van der Waals surface area contributed by atoms with E-state index in [1.54, 1.807) is 11.8 Å². The summed E-state index contributed by atoms with van der Waals surface area (Å²) in [4.78, 5) is 32.6. The lowest BCUT2D eigenvalue weighted by molar-refractivity contribution is -0.132. The summed E-state index contributed by atoms with van der Waals surface area (Å²) in [6.07, 6.45) is 0.362. The lowest BCUT2D eigenvalue weighted by Gasteiger charge is -2.33. The number of amides is 2. The molecule has 1 aromatic carbocycles. The molecule has 2 amide bonds. The van der Waals surface area contributed by atoms with Gasteiger partial charge in [-0.15, -0.1) is 0 Å². The largest absolute Gasteiger partial charge is 0.372 e. The van der Waals surface area contributed by atoms with Gasteiger partial charge in [0, 0.05) is 70.5 Å². The Morgan fingerprint density at radius 1 is 0.962 bits per heavy atom. The van der Waals surface area contributed by atoms with Crippen molar-refractivity contribution in [3.05, 3.63) is 24.3 Å². The highest BCUT2D eigenvalue weighted by Gasteiger charge is 2.20. The van der Waals surface area contributed by atoms with Crippen molar-refractivity contribution in [2.75, 3.05) is 62.7 Å². The number of likely N-dealkylation sites (N-methyl/N-ethyl adjacent to an activating group) is 1. The molecule has 144 valence electrons. The van der Waals surface area contributed by atoms with Gasteiger partial charge in [-0.3, -0.25) is 9.59 Å². The minimum absolute atomic E-state index is 0.0354. The first-order valence-corrected chi connectivity index (χ1v) is 9.55. The second kappa shape index (κ2) is 9.57. The summed E-state index contributed by atoms with van der Waals surface area (Å²) in [5.74, 6) is 0.0934. The summed E-state index contributed by atoms with van der Waals surface area (Å²) in [6.45, 7) is 11.5. The van der Waals surface area contributed by atoms with Crippen molar-refractivity contribution in [3.63, 3.8) is 0 Å². The van der Waals surface area contributed by atoms with Crippen LogP contribution in [-0.2, 0) is 9.59 Å². The molecule has 1 heterocycles. The molecule has 1 saturated heterocycles. The molecule has 0 aliphatic carbocycles. The first-order chi connectivity index (χ1) is 12.5. The normalized spacial score (nSPS) is 15.0. The highest BCUT2D eigenvalue weighted by molar-refractivity contribution is 5.92. The Bertz CT molecular complexity index is 590. The molecule has 0 unspecified atom stereocenters. The first kappa shape index (κ1) is 20.2. The molecule has 26 heavy (non-hydrogen) atoms. The third-order valence-corrected chi connectivity index (χ3v) is 5.08. The van der Waals surface area contributed by atoms with Gasteiger partial charge in [0.15, 0.2) is 0 Å². The van der Waals surface area contributed by atoms with Crippen LogP contribution >= 0.6 is 0 Å². The Kier molecular flexibility index (Phi) is 7.45. The topological polar surface area (TPSA) is 47.1 Å². The van der Waals surface area contributed by atoms with Crippen LogP contribution in [0.4, 0.5) is 11.4 Å². The summed E-state index contributed by atoms with van der Waals surface area (Å²) in [5, 5.41) is 0. The number of hydrogen-bond acceptors (Lipinski definition) is 4. The number of piperazine rings is 1. The maximum atomic E-state index is 12.4. The fourth-order valence-electron chi connectivity index (χ4n) is 3.32. The van der Waals surface area contributed by atoms with Crippen molar-refractivity contribution in [1.29, 1.82) is 0 Å². The van der Waals surface area contributed by atoms with Crippen LogP contribution in [0.25, 0.3) is 0 Å². The molecule has 2 rings (SSSR count). The third kappa shape index (κ3) is 5.21. The molecule has 1 aliphatic rings. The van der Waals surface area contributed by atoms with Crippen LogP contribution < -0.4 is 9.80 Å². The summed E-state index contributed by atoms with van der Waals surface area (Å²) in [7, 11) is 2.07. The smallest absolute Gasteiger partial charge is 0.224 e. The van der Waals surface area contributed by atoms with Crippen LogP contribution in [0.15, 0.2) is 24.3 Å². The fourth-order valence-corrected chi connectivity index (χ4v) is 3.32. The molecule has 1 aliphatic heterocycles. The zero-order valence-corrected chi connectivity index (χ0v) is 16.6. The van der Waals surface area contributed by atoms with Crippen LogP contribution in [-0.4, -0.2) is 74.5 Å². The molecule has 0 spiro atoms. The Morgan fingerprint density at radius 2 is 1.50 bits per heavy atom. The van der Waals surface area contributed by atoms with Crippen LogP contribution in [0.1, 0.15) is 27.2 Å². The van der Waals surface area contributed by atoms with Crippen LogP contribution in [0.3, 0.4) is 0 Å². The molecule has 0 bridgehead atoms. The maximum Gasteiger partial charge on any atom is 0.224 e. The number of carbonyl (C=O) groups excluding carboxylic acids is 2. The SMILES string of the molecule is CCN(CC)c1ccc(N(CCC(=O)N2CCN(C)CC2)C(C)=O)cc1. The predicted octanol–water partition coefficient (Wildman–Crippen LogP) is 2.05. The molecule has 6 nitrogen and oxygen atoms in total. The van der Waals surface area contributed by atoms with Crippen LogP contribution in [0.2, 0.25) is 0 Å². The average molecular weight is 361 g/mol. The first-order valence-electron chi connectivity index (χ1n) is 9.55. The number of benzene rings is 1. The van der Waals surface area contributed by atoms with E-state index < -0.39 is 0 Å². The van der Waals surface area contributed by atoms with Gasteiger partial charge in [0.05, 0.1) is 0 Å². The third-order valence-electron chi connectivity index (χ3n) is 5.08. The molecule has 6 heteroatoms. The minimum Gasteiger partial charge on any atom is -0.372 e. The zero-order valence-electron chi connectivity index (χ0n) is 16.6. The van der Waals surface area contributed by atoms with Gasteiger partial charge in [0.2, 0.25) is 11.8 Å². The van der Waals surface area contributed by atoms with E-state index in [9.17, 15) is 9.59 Å². The molecule has 0 N–H and O–H groups in total. The van der Waals surface area contributed by atoms with Gasteiger partial charge in [0.25, 0.3) is 0 Å². The maximum absolute atomic E-state index is 12.4. The molecule has 0 saturated carbocycles. The lowest BCUT2D eigenvalue weighted by atomic mass is 10.2. The summed E-state index contributed by atoms with van der Waals surface area (Å²) >= 11 is 0. The van der Waals surface area contributed by atoms with Crippen molar-refractivity contribution in [2.45, 2.75) is 27.2 Å². The molecule has 0 aromatic heterocycles. The predicted molar refractivity (Wildman–Crippen MR) is 107 cm³/mol. The highest BCUT2D eigenvalue weighted by Crippen LogP contribution is 2.21. The summed E-state index contributed by atoms with van der Waals surface area (Å²) < 4.78 is 0. The fraction of sp³-hybridized carbons (Fsp3) is 0.600. The number of nitrogens with zero attached hydrogens (tertiary/aromatic N) is 4. The van der Waals surface area contributed by atoms with Crippen molar-refractivity contribution >= 4 is 23.2 Å².